The summed E-state index contributed by atoms with van der Waals surface area (Å²) in [5.74, 6) is 0. The van der Waals surface area contributed by atoms with Gasteiger partial charge in [0.25, 0.3) is 0 Å². The van der Waals surface area contributed by atoms with Crippen LogP contribution in [0.15, 0.2) is 48.5 Å². The number of fused-ring (bicyclic) bond motifs is 3. The molecule has 16 heavy (non-hydrogen) atoms. The number of thiocarbonyl (C=S) groups is 1. The minimum atomic E-state index is 1.08. The van der Waals surface area contributed by atoms with Crippen LogP contribution in [0.25, 0.3) is 11.1 Å². The molecule has 2 aromatic carbocycles. The van der Waals surface area contributed by atoms with E-state index >= 15 is 0 Å². The lowest BCUT2D eigenvalue weighted by atomic mass is 10.1. The predicted molar refractivity (Wildman–Crippen MR) is 72.5 cm³/mol. The molecule has 1 nitrogen and oxygen atoms in total. The van der Waals surface area contributed by atoms with Gasteiger partial charge in [-0.15, -0.1) is 0 Å². The summed E-state index contributed by atoms with van der Waals surface area (Å²) in [6.45, 7) is 0. The van der Waals surface area contributed by atoms with Crippen LogP contribution in [0.4, 0.5) is 0 Å². The first-order valence-electron chi connectivity index (χ1n) is 5.18. The molecule has 80 valence electrons. The highest BCUT2D eigenvalue weighted by Gasteiger charge is 2.15. The monoisotopic (exact) mass is 227 g/mol. The third kappa shape index (κ3) is 1.97. The highest BCUT2D eigenvalue weighted by molar-refractivity contribution is 7.78. The lowest BCUT2D eigenvalue weighted by Crippen LogP contribution is -1.79. The van der Waals surface area contributed by atoms with E-state index < -0.39 is 0 Å². The summed E-state index contributed by atoms with van der Waals surface area (Å²) >= 11 is 4.05. The summed E-state index contributed by atoms with van der Waals surface area (Å²) in [5.41, 5.74) is 11.4. The maximum atomic E-state index is 4.54. The van der Waals surface area contributed by atoms with Gasteiger partial charge in [0.15, 0.2) is 0 Å². The maximum absolute atomic E-state index is 4.54. The number of hydrogen-bond acceptors (Lipinski definition) is 1. The van der Waals surface area contributed by atoms with Crippen LogP contribution in [0.1, 0.15) is 11.1 Å². The molecule has 1 aliphatic rings. The molecule has 2 N–H and O–H groups in total. The molecule has 0 radical (unpaired) electrons. The minimum absolute atomic E-state index is 1.08. The highest BCUT2D eigenvalue weighted by atomic mass is 32.1. The van der Waals surface area contributed by atoms with Gasteiger partial charge in [-0.25, -0.2) is 0 Å². The second-order valence-corrected chi connectivity index (χ2v) is 3.90. The van der Waals surface area contributed by atoms with Crippen molar-refractivity contribution in [2.45, 2.75) is 6.42 Å². The fourth-order valence-corrected chi connectivity index (χ4v) is 2.08. The van der Waals surface area contributed by atoms with Crippen LogP contribution in [0.2, 0.25) is 0 Å². The third-order valence-electron chi connectivity index (χ3n) is 2.71. The fraction of sp³-hybridized carbons (Fsp3) is 0.0714. The highest BCUT2D eigenvalue weighted by Crippen LogP contribution is 2.35. The first-order chi connectivity index (χ1) is 7.86. The smallest absolute Gasteiger partial charge is 0.0588 e. The van der Waals surface area contributed by atoms with Gasteiger partial charge in [-0.3, -0.25) is 0 Å². The van der Waals surface area contributed by atoms with Gasteiger partial charge >= 0.3 is 0 Å². The van der Waals surface area contributed by atoms with Gasteiger partial charge in [-0.2, -0.15) is 0 Å². The van der Waals surface area contributed by atoms with E-state index in [1.165, 1.54) is 22.3 Å². The largest absolute Gasteiger partial charge is 0.396 e. The Kier molecular flexibility index (Phi) is 3.32. The molecule has 3 rings (SSSR count). The fourth-order valence-electron chi connectivity index (χ4n) is 2.08. The summed E-state index contributed by atoms with van der Waals surface area (Å²) in [7, 11) is 0. The van der Waals surface area contributed by atoms with Crippen molar-refractivity contribution < 1.29 is 0 Å². The summed E-state index contributed by atoms with van der Waals surface area (Å²) in [6, 6.07) is 17.3. The van der Waals surface area contributed by atoms with Gasteiger partial charge in [0.2, 0.25) is 0 Å². The standard InChI is InChI=1S/C13H10.CH3NS/c1-3-7-12-10(5-1)9-11-6-2-4-8-13(11)12;2-1-3/h1-8H,9H2;1H,(H2,2,3). The molecular formula is C14H13NS. The van der Waals surface area contributed by atoms with Crippen LogP contribution in [-0.4, -0.2) is 5.49 Å². The molecule has 0 atom stereocenters. The van der Waals surface area contributed by atoms with Gasteiger partial charge < -0.3 is 5.73 Å². The lowest BCUT2D eigenvalue weighted by Gasteiger charge is -1.98. The van der Waals surface area contributed by atoms with Crippen LogP contribution in [0, 0.1) is 0 Å². The summed E-state index contributed by atoms with van der Waals surface area (Å²) in [5, 5.41) is 0. The molecule has 0 spiro atoms. The van der Waals surface area contributed by atoms with Crippen LogP contribution in [0.3, 0.4) is 0 Å². The average Bonchev–Trinajstić information content (AvgIpc) is 2.68. The van der Waals surface area contributed by atoms with E-state index in [4.69, 9.17) is 0 Å². The average molecular weight is 227 g/mol. The second kappa shape index (κ2) is 4.90. The van der Waals surface area contributed by atoms with Crippen LogP contribution in [0.5, 0.6) is 0 Å². The van der Waals surface area contributed by atoms with Crippen molar-refractivity contribution in [1.82, 2.24) is 0 Å². The van der Waals surface area contributed by atoms with Crippen molar-refractivity contribution >= 4 is 17.7 Å². The van der Waals surface area contributed by atoms with E-state index in [-0.39, 0.29) is 0 Å². The summed E-state index contributed by atoms with van der Waals surface area (Å²) in [6.07, 6.45) is 1.10. The molecule has 0 fully saturated rings. The van der Waals surface area contributed by atoms with Crippen LogP contribution in [-0.2, 0) is 6.42 Å². The van der Waals surface area contributed by atoms with E-state index in [9.17, 15) is 0 Å². The Bertz CT molecular complexity index is 462. The Morgan fingerprint density at radius 2 is 1.25 bits per heavy atom. The molecular weight excluding hydrogens is 214 g/mol. The normalized spacial score (nSPS) is 10.8. The number of hydrogen-bond donors (Lipinski definition) is 1. The predicted octanol–water partition coefficient (Wildman–Crippen LogP) is 3.16. The molecule has 0 saturated carbocycles. The van der Waals surface area contributed by atoms with Crippen LogP contribution < -0.4 is 5.73 Å². The van der Waals surface area contributed by atoms with Crippen molar-refractivity contribution in [2.75, 3.05) is 0 Å². The molecule has 0 amide bonds. The minimum Gasteiger partial charge on any atom is -0.396 e. The number of nitrogens with two attached hydrogens (primary N) is 1. The lowest BCUT2D eigenvalue weighted by molar-refractivity contribution is 1.26. The van der Waals surface area contributed by atoms with E-state index in [1.54, 1.807) is 0 Å². The van der Waals surface area contributed by atoms with Gasteiger partial charge in [0.1, 0.15) is 0 Å². The van der Waals surface area contributed by atoms with Gasteiger partial charge in [-0.05, 0) is 28.7 Å². The zero-order valence-electron chi connectivity index (χ0n) is 8.89. The van der Waals surface area contributed by atoms with Crippen molar-refractivity contribution in [3.63, 3.8) is 0 Å². The maximum Gasteiger partial charge on any atom is 0.0588 e. The SMILES string of the molecule is NC=S.c1ccc2c(c1)Cc1ccccc1-2. The van der Waals surface area contributed by atoms with E-state index in [0.717, 1.165) is 11.9 Å². The molecule has 0 aromatic heterocycles. The van der Waals surface area contributed by atoms with E-state index in [2.05, 4.69) is 66.5 Å². The molecule has 2 heteroatoms. The summed E-state index contributed by atoms with van der Waals surface area (Å²) in [4.78, 5) is 0. The zero-order valence-corrected chi connectivity index (χ0v) is 9.71. The Balaban J connectivity index is 0.000000292. The zero-order chi connectivity index (χ0) is 11.4. The number of rotatable bonds is 0. The Morgan fingerprint density at radius 1 is 0.875 bits per heavy atom. The molecule has 0 unspecified atom stereocenters. The second-order valence-electron chi connectivity index (χ2n) is 3.63. The van der Waals surface area contributed by atoms with Crippen molar-refractivity contribution in [1.29, 1.82) is 0 Å². The molecule has 2 aromatic rings. The molecule has 0 saturated heterocycles. The third-order valence-corrected chi connectivity index (χ3v) is 2.71. The molecule has 0 aliphatic heterocycles. The van der Waals surface area contributed by atoms with Crippen LogP contribution >= 0.6 is 12.2 Å². The molecule has 1 aliphatic carbocycles. The van der Waals surface area contributed by atoms with E-state index in [1.807, 2.05) is 0 Å². The van der Waals surface area contributed by atoms with Crippen molar-refractivity contribution in [3.8, 4) is 11.1 Å². The van der Waals surface area contributed by atoms with Crippen molar-refractivity contribution in [2.24, 2.45) is 5.73 Å². The Hall–Kier alpha value is -1.67. The van der Waals surface area contributed by atoms with E-state index in [0.29, 0.717) is 0 Å². The van der Waals surface area contributed by atoms with Gasteiger partial charge in [0.05, 0.1) is 5.49 Å². The molecule has 0 bridgehead atoms. The molecule has 0 heterocycles. The summed E-state index contributed by atoms with van der Waals surface area (Å²) < 4.78 is 0. The van der Waals surface area contributed by atoms with Gasteiger partial charge in [0, 0.05) is 0 Å². The first kappa shape index (κ1) is 10.8. The quantitative estimate of drug-likeness (QED) is 0.597. The van der Waals surface area contributed by atoms with Crippen molar-refractivity contribution in [3.05, 3.63) is 59.7 Å². The first-order valence-corrected chi connectivity index (χ1v) is 5.65. The Labute approximate surface area is 101 Å². The van der Waals surface area contributed by atoms with Gasteiger partial charge in [-0.1, -0.05) is 60.7 Å². The topological polar surface area (TPSA) is 26.0 Å². The number of benzene rings is 2. The Morgan fingerprint density at radius 3 is 1.69 bits per heavy atom.